The van der Waals surface area contributed by atoms with Crippen molar-refractivity contribution in [3.63, 3.8) is 0 Å². The number of thiophene rings is 1. The van der Waals surface area contributed by atoms with Gasteiger partial charge in [0.05, 0.1) is 9.89 Å². The zero-order chi connectivity index (χ0) is 9.80. The molecule has 0 aliphatic carbocycles. The third-order valence-corrected chi connectivity index (χ3v) is 3.95. The summed E-state index contributed by atoms with van der Waals surface area (Å²) in [6.45, 7) is 2.88. The van der Waals surface area contributed by atoms with Gasteiger partial charge in [-0.15, -0.1) is 11.3 Å². The highest BCUT2D eigenvalue weighted by Gasteiger charge is 2.14. The van der Waals surface area contributed by atoms with Gasteiger partial charge in [-0.1, -0.05) is 0 Å². The van der Waals surface area contributed by atoms with Crippen LogP contribution in [0.3, 0.4) is 0 Å². The fourth-order valence-electron chi connectivity index (χ4n) is 1.61. The minimum Gasteiger partial charge on any atom is -0.377 e. The monoisotopic (exact) mass is 275 g/mol. The second-order valence-electron chi connectivity index (χ2n) is 3.47. The Bertz CT molecular complexity index is 283. The Balaban J connectivity index is 1.67. The molecule has 1 fully saturated rings. The van der Waals surface area contributed by atoms with Gasteiger partial charge in [-0.3, -0.25) is 0 Å². The largest absolute Gasteiger partial charge is 0.377 e. The maximum Gasteiger partial charge on any atom is 0.0701 e. The van der Waals surface area contributed by atoms with Gasteiger partial charge in [0.1, 0.15) is 0 Å². The summed E-state index contributed by atoms with van der Waals surface area (Å²) in [7, 11) is 0. The lowest BCUT2D eigenvalue weighted by molar-refractivity contribution is 0.110. The van der Waals surface area contributed by atoms with Crippen molar-refractivity contribution in [3.05, 3.63) is 20.8 Å². The van der Waals surface area contributed by atoms with E-state index in [9.17, 15) is 0 Å². The molecule has 2 nitrogen and oxygen atoms in total. The molecule has 0 aromatic carbocycles. The van der Waals surface area contributed by atoms with Gasteiger partial charge < -0.3 is 10.1 Å². The zero-order valence-corrected chi connectivity index (χ0v) is 10.4. The van der Waals surface area contributed by atoms with Crippen molar-refractivity contribution in [2.45, 2.75) is 25.5 Å². The van der Waals surface area contributed by atoms with Crippen LogP contribution in [-0.4, -0.2) is 19.3 Å². The Morgan fingerprint density at radius 2 is 2.50 bits per heavy atom. The lowest BCUT2D eigenvalue weighted by Crippen LogP contribution is -2.25. The van der Waals surface area contributed by atoms with Gasteiger partial charge in [-0.05, 0) is 40.9 Å². The number of hydrogen-bond acceptors (Lipinski definition) is 3. The average Bonchev–Trinajstić information content (AvgIpc) is 2.77. The lowest BCUT2D eigenvalue weighted by Gasteiger charge is -2.09. The molecule has 1 saturated heterocycles. The maximum absolute atomic E-state index is 5.53. The van der Waals surface area contributed by atoms with Crippen molar-refractivity contribution in [1.29, 1.82) is 0 Å². The minimum absolute atomic E-state index is 0.443. The standard InChI is InChI=1S/C10H14BrNOS/c11-10-4-3-9(14-10)7-12-6-8-2-1-5-13-8/h3-4,8,12H,1-2,5-7H2. The topological polar surface area (TPSA) is 21.3 Å². The molecule has 78 valence electrons. The molecule has 1 aliphatic heterocycles. The van der Waals surface area contributed by atoms with E-state index in [0.717, 1.165) is 19.7 Å². The summed E-state index contributed by atoms with van der Waals surface area (Å²) >= 11 is 5.24. The van der Waals surface area contributed by atoms with Crippen molar-refractivity contribution < 1.29 is 4.74 Å². The van der Waals surface area contributed by atoms with Crippen LogP contribution in [0.2, 0.25) is 0 Å². The molecule has 4 heteroatoms. The first kappa shape index (κ1) is 10.6. The first-order valence-electron chi connectivity index (χ1n) is 4.91. The highest BCUT2D eigenvalue weighted by molar-refractivity contribution is 9.11. The summed E-state index contributed by atoms with van der Waals surface area (Å²) in [5.74, 6) is 0. The summed E-state index contributed by atoms with van der Waals surface area (Å²) in [4.78, 5) is 1.37. The SMILES string of the molecule is Brc1ccc(CNCC2CCCO2)s1. The predicted molar refractivity (Wildman–Crippen MR) is 62.7 cm³/mol. The second kappa shape index (κ2) is 5.26. The van der Waals surface area contributed by atoms with E-state index in [1.54, 1.807) is 11.3 Å². The van der Waals surface area contributed by atoms with Crippen molar-refractivity contribution in [3.8, 4) is 0 Å². The fourth-order valence-corrected chi connectivity index (χ4v) is 3.06. The smallest absolute Gasteiger partial charge is 0.0701 e. The molecule has 0 saturated carbocycles. The van der Waals surface area contributed by atoms with Crippen LogP contribution in [0.15, 0.2) is 15.9 Å². The lowest BCUT2D eigenvalue weighted by atomic mass is 10.2. The number of hydrogen-bond donors (Lipinski definition) is 1. The summed E-state index contributed by atoms with van der Waals surface area (Å²) in [6.07, 6.45) is 2.87. The Hall–Kier alpha value is 0.1000. The molecule has 0 radical (unpaired) electrons. The molecule has 14 heavy (non-hydrogen) atoms. The van der Waals surface area contributed by atoms with Crippen LogP contribution in [-0.2, 0) is 11.3 Å². The van der Waals surface area contributed by atoms with Crippen LogP contribution in [0.1, 0.15) is 17.7 Å². The van der Waals surface area contributed by atoms with E-state index in [-0.39, 0.29) is 0 Å². The molecule has 0 bridgehead atoms. The predicted octanol–water partition coefficient (Wildman–Crippen LogP) is 2.78. The fraction of sp³-hybridized carbons (Fsp3) is 0.600. The van der Waals surface area contributed by atoms with Crippen LogP contribution >= 0.6 is 27.3 Å². The highest BCUT2D eigenvalue weighted by Crippen LogP contribution is 2.21. The molecule has 1 N–H and O–H groups in total. The Kier molecular flexibility index (Phi) is 3.99. The van der Waals surface area contributed by atoms with E-state index in [4.69, 9.17) is 4.74 Å². The van der Waals surface area contributed by atoms with E-state index in [1.165, 1.54) is 21.5 Å². The quantitative estimate of drug-likeness (QED) is 0.913. The number of ether oxygens (including phenoxy) is 1. The second-order valence-corrected chi connectivity index (χ2v) is 6.02. The molecule has 1 unspecified atom stereocenters. The molecule has 0 spiro atoms. The molecule has 1 atom stereocenters. The van der Waals surface area contributed by atoms with E-state index in [2.05, 4.69) is 33.4 Å². The summed E-state index contributed by atoms with van der Waals surface area (Å²) in [5.41, 5.74) is 0. The highest BCUT2D eigenvalue weighted by atomic mass is 79.9. The van der Waals surface area contributed by atoms with Gasteiger partial charge in [-0.2, -0.15) is 0 Å². The zero-order valence-electron chi connectivity index (χ0n) is 7.96. The molecular weight excluding hydrogens is 262 g/mol. The van der Waals surface area contributed by atoms with Crippen LogP contribution in [0.5, 0.6) is 0 Å². The Morgan fingerprint density at radius 1 is 1.57 bits per heavy atom. The molecule has 1 aliphatic rings. The van der Waals surface area contributed by atoms with Gasteiger partial charge in [-0.25, -0.2) is 0 Å². The summed E-state index contributed by atoms with van der Waals surface area (Å²) < 4.78 is 6.73. The van der Waals surface area contributed by atoms with Gasteiger partial charge in [0.2, 0.25) is 0 Å². The minimum atomic E-state index is 0.443. The van der Waals surface area contributed by atoms with Crippen LogP contribution in [0.25, 0.3) is 0 Å². The Labute approximate surface area is 96.8 Å². The molecule has 2 rings (SSSR count). The van der Waals surface area contributed by atoms with Crippen molar-refractivity contribution in [2.24, 2.45) is 0 Å². The van der Waals surface area contributed by atoms with Crippen molar-refractivity contribution >= 4 is 27.3 Å². The molecular formula is C10H14BrNOS. The molecule has 1 aromatic rings. The first-order chi connectivity index (χ1) is 6.84. The maximum atomic E-state index is 5.53. The molecule has 0 amide bonds. The molecule has 2 heterocycles. The third-order valence-electron chi connectivity index (χ3n) is 2.32. The van der Waals surface area contributed by atoms with Gasteiger partial charge in [0.25, 0.3) is 0 Å². The number of halogens is 1. The molecule has 1 aromatic heterocycles. The number of nitrogens with one attached hydrogen (secondary N) is 1. The van der Waals surface area contributed by atoms with Crippen LogP contribution < -0.4 is 5.32 Å². The van der Waals surface area contributed by atoms with E-state index in [0.29, 0.717) is 6.10 Å². The van der Waals surface area contributed by atoms with Gasteiger partial charge in [0.15, 0.2) is 0 Å². The van der Waals surface area contributed by atoms with Gasteiger partial charge in [0, 0.05) is 24.6 Å². The number of rotatable bonds is 4. The summed E-state index contributed by atoms with van der Waals surface area (Å²) in [6, 6.07) is 4.24. The summed E-state index contributed by atoms with van der Waals surface area (Å²) in [5, 5.41) is 3.42. The van der Waals surface area contributed by atoms with Crippen molar-refractivity contribution in [1.82, 2.24) is 5.32 Å². The van der Waals surface area contributed by atoms with Crippen molar-refractivity contribution in [2.75, 3.05) is 13.2 Å². The van der Waals surface area contributed by atoms with Crippen LogP contribution in [0.4, 0.5) is 0 Å². The van der Waals surface area contributed by atoms with E-state index < -0.39 is 0 Å². The van der Waals surface area contributed by atoms with Crippen LogP contribution in [0, 0.1) is 0 Å². The van der Waals surface area contributed by atoms with Gasteiger partial charge >= 0.3 is 0 Å². The normalized spacial score (nSPS) is 21.6. The first-order valence-corrected chi connectivity index (χ1v) is 6.52. The Morgan fingerprint density at radius 3 is 3.14 bits per heavy atom. The van der Waals surface area contributed by atoms with E-state index >= 15 is 0 Å². The average molecular weight is 276 g/mol. The third kappa shape index (κ3) is 3.05. The van der Waals surface area contributed by atoms with E-state index in [1.807, 2.05) is 0 Å².